The summed E-state index contributed by atoms with van der Waals surface area (Å²) >= 11 is 3.47. The van der Waals surface area contributed by atoms with Gasteiger partial charge in [-0.25, -0.2) is 0 Å². The number of rotatable bonds is 1. The highest BCUT2D eigenvalue weighted by Crippen LogP contribution is 2.27. The minimum atomic E-state index is 0.896. The van der Waals surface area contributed by atoms with Gasteiger partial charge >= 0.3 is 0 Å². The first-order valence-corrected chi connectivity index (χ1v) is 4.70. The lowest BCUT2D eigenvalue weighted by atomic mass is 10.1. The average Bonchev–Trinajstić information content (AvgIpc) is 2.52. The lowest BCUT2D eigenvalue weighted by molar-refractivity contribution is 0.929. The molecule has 0 saturated heterocycles. The number of aromatic amines is 1. The summed E-state index contributed by atoms with van der Waals surface area (Å²) in [6.07, 6.45) is 0. The van der Waals surface area contributed by atoms with Crippen molar-refractivity contribution in [3.63, 3.8) is 0 Å². The Morgan fingerprint density at radius 2 is 2.00 bits per heavy atom. The molecule has 0 atom stereocenters. The maximum absolute atomic E-state index is 4.08. The Labute approximate surface area is 84.3 Å². The first-order chi connectivity index (χ1) is 6.29. The Hall–Kier alpha value is -1.16. The number of aryl methyl sites for hydroxylation is 1. The monoisotopic (exact) mass is 237 g/mol. The number of halogens is 1. The van der Waals surface area contributed by atoms with Crippen LogP contribution in [0.25, 0.3) is 11.3 Å². The lowest BCUT2D eigenvalue weighted by Crippen LogP contribution is -1.82. The molecule has 66 valence electrons. The second kappa shape index (κ2) is 3.30. The number of nitrogens with one attached hydrogen (secondary N) is 1. The molecule has 0 bridgehead atoms. The molecule has 3 nitrogen and oxygen atoms in total. The van der Waals surface area contributed by atoms with E-state index in [0.717, 1.165) is 21.4 Å². The molecule has 0 aliphatic rings. The highest BCUT2D eigenvalue weighted by Gasteiger charge is 2.08. The molecule has 0 amide bonds. The van der Waals surface area contributed by atoms with E-state index in [2.05, 4.69) is 31.3 Å². The number of hydrogen-bond acceptors (Lipinski definition) is 2. The highest BCUT2D eigenvalue weighted by molar-refractivity contribution is 9.10. The fraction of sp³-hybridized carbons (Fsp3) is 0.111. The number of aromatic nitrogens is 3. The van der Waals surface area contributed by atoms with Crippen LogP contribution in [-0.2, 0) is 0 Å². The third-order valence-corrected chi connectivity index (χ3v) is 2.54. The summed E-state index contributed by atoms with van der Waals surface area (Å²) in [6.45, 7) is 1.93. The molecule has 2 rings (SSSR count). The first kappa shape index (κ1) is 8.44. The zero-order valence-electron chi connectivity index (χ0n) is 7.08. The number of hydrogen-bond donors (Lipinski definition) is 1. The quantitative estimate of drug-likeness (QED) is 0.829. The summed E-state index contributed by atoms with van der Waals surface area (Å²) in [7, 11) is 0. The average molecular weight is 238 g/mol. The zero-order valence-corrected chi connectivity index (χ0v) is 8.67. The van der Waals surface area contributed by atoms with E-state index in [1.54, 1.807) is 0 Å². The summed E-state index contributed by atoms with van der Waals surface area (Å²) in [5.41, 5.74) is 2.87. The third kappa shape index (κ3) is 1.49. The van der Waals surface area contributed by atoms with Gasteiger partial charge in [0.2, 0.25) is 0 Å². The lowest BCUT2D eigenvalue weighted by Gasteiger charge is -1.99. The first-order valence-electron chi connectivity index (χ1n) is 3.91. The standard InChI is InChI=1S/C9H8BrN3/c1-6-9(12-13-11-6)7-4-2-3-5-8(7)10/h2-5H,1H3,(H,11,12,13). The highest BCUT2D eigenvalue weighted by atomic mass is 79.9. The molecule has 0 saturated carbocycles. The predicted molar refractivity (Wildman–Crippen MR) is 54.3 cm³/mol. The molecule has 0 unspecified atom stereocenters. The van der Waals surface area contributed by atoms with Crippen molar-refractivity contribution < 1.29 is 0 Å². The van der Waals surface area contributed by atoms with Crippen molar-refractivity contribution in [2.75, 3.05) is 0 Å². The van der Waals surface area contributed by atoms with Crippen molar-refractivity contribution in [1.29, 1.82) is 0 Å². The molecule has 1 aromatic heterocycles. The van der Waals surface area contributed by atoms with Crippen LogP contribution in [0.5, 0.6) is 0 Å². The van der Waals surface area contributed by atoms with Crippen LogP contribution in [-0.4, -0.2) is 15.4 Å². The smallest absolute Gasteiger partial charge is 0.116 e. The molecule has 1 N–H and O–H groups in total. The van der Waals surface area contributed by atoms with Gasteiger partial charge in [0.15, 0.2) is 0 Å². The second-order valence-electron chi connectivity index (χ2n) is 2.74. The molecule has 4 heteroatoms. The number of benzene rings is 1. The minimum Gasteiger partial charge on any atom is -0.197 e. The Morgan fingerprint density at radius 3 is 2.62 bits per heavy atom. The van der Waals surface area contributed by atoms with E-state index in [9.17, 15) is 0 Å². The van der Waals surface area contributed by atoms with Gasteiger partial charge in [0, 0.05) is 10.0 Å². The van der Waals surface area contributed by atoms with E-state index in [1.807, 2.05) is 31.2 Å². The van der Waals surface area contributed by atoms with Gasteiger partial charge in [-0.1, -0.05) is 34.1 Å². The van der Waals surface area contributed by atoms with Gasteiger partial charge in [-0.3, -0.25) is 0 Å². The van der Waals surface area contributed by atoms with Gasteiger partial charge < -0.3 is 0 Å². The van der Waals surface area contributed by atoms with Crippen molar-refractivity contribution in [3.8, 4) is 11.3 Å². The number of H-pyrrole nitrogens is 1. The molecule has 0 aliphatic carbocycles. The van der Waals surface area contributed by atoms with Crippen molar-refractivity contribution in [3.05, 3.63) is 34.4 Å². The number of nitrogens with zero attached hydrogens (tertiary/aromatic N) is 2. The maximum Gasteiger partial charge on any atom is 0.116 e. The normalized spacial score (nSPS) is 10.3. The van der Waals surface area contributed by atoms with Gasteiger partial charge in [-0.05, 0) is 13.0 Å². The van der Waals surface area contributed by atoms with Gasteiger partial charge in [-0.15, -0.1) is 0 Å². The summed E-state index contributed by atoms with van der Waals surface area (Å²) in [4.78, 5) is 0. The second-order valence-corrected chi connectivity index (χ2v) is 3.59. The van der Waals surface area contributed by atoms with E-state index in [0.29, 0.717) is 0 Å². The van der Waals surface area contributed by atoms with E-state index in [1.165, 1.54) is 0 Å². The van der Waals surface area contributed by atoms with Crippen LogP contribution in [0.2, 0.25) is 0 Å². The van der Waals surface area contributed by atoms with Gasteiger partial charge in [0.1, 0.15) is 5.69 Å². The summed E-state index contributed by atoms with van der Waals surface area (Å²) in [5, 5.41) is 10.7. The molecule has 0 spiro atoms. The maximum atomic E-state index is 4.08. The van der Waals surface area contributed by atoms with Crippen LogP contribution in [0.15, 0.2) is 28.7 Å². The fourth-order valence-corrected chi connectivity index (χ4v) is 1.66. The molecule has 1 aromatic carbocycles. The van der Waals surface area contributed by atoms with E-state index in [-0.39, 0.29) is 0 Å². The molecule has 1 heterocycles. The minimum absolute atomic E-state index is 0.896. The Kier molecular flexibility index (Phi) is 2.14. The molecule has 0 aliphatic heterocycles. The van der Waals surface area contributed by atoms with Crippen molar-refractivity contribution in [2.24, 2.45) is 0 Å². The SMILES string of the molecule is Cc1n[nH]nc1-c1ccccc1Br. The van der Waals surface area contributed by atoms with Crippen molar-refractivity contribution >= 4 is 15.9 Å². The van der Waals surface area contributed by atoms with Gasteiger partial charge in [0.05, 0.1) is 5.69 Å². The zero-order chi connectivity index (χ0) is 9.26. The fourth-order valence-electron chi connectivity index (χ4n) is 1.19. The van der Waals surface area contributed by atoms with Crippen LogP contribution >= 0.6 is 15.9 Å². The Balaban J connectivity index is 2.59. The largest absolute Gasteiger partial charge is 0.197 e. The summed E-state index contributed by atoms with van der Waals surface area (Å²) < 4.78 is 1.03. The van der Waals surface area contributed by atoms with Crippen LogP contribution in [0.1, 0.15) is 5.69 Å². The van der Waals surface area contributed by atoms with Crippen LogP contribution < -0.4 is 0 Å². The summed E-state index contributed by atoms with van der Waals surface area (Å²) in [6, 6.07) is 7.95. The summed E-state index contributed by atoms with van der Waals surface area (Å²) in [5.74, 6) is 0. The topological polar surface area (TPSA) is 41.6 Å². The predicted octanol–water partition coefficient (Wildman–Crippen LogP) is 2.54. The van der Waals surface area contributed by atoms with Gasteiger partial charge in [0.25, 0.3) is 0 Å². The molecule has 0 fully saturated rings. The van der Waals surface area contributed by atoms with Crippen LogP contribution in [0, 0.1) is 6.92 Å². The third-order valence-electron chi connectivity index (χ3n) is 1.85. The molecule has 2 aromatic rings. The van der Waals surface area contributed by atoms with E-state index < -0.39 is 0 Å². The van der Waals surface area contributed by atoms with E-state index >= 15 is 0 Å². The van der Waals surface area contributed by atoms with Crippen molar-refractivity contribution in [2.45, 2.75) is 6.92 Å². The van der Waals surface area contributed by atoms with Crippen LogP contribution in [0.3, 0.4) is 0 Å². The van der Waals surface area contributed by atoms with Crippen molar-refractivity contribution in [1.82, 2.24) is 15.4 Å². The molecular weight excluding hydrogens is 230 g/mol. The Morgan fingerprint density at radius 1 is 1.23 bits per heavy atom. The molecular formula is C9H8BrN3. The molecule has 0 radical (unpaired) electrons. The van der Waals surface area contributed by atoms with E-state index in [4.69, 9.17) is 0 Å². The molecule has 13 heavy (non-hydrogen) atoms. The Bertz CT molecular complexity index is 422. The van der Waals surface area contributed by atoms with Gasteiger partial charge in [-0.2, -0.15) is 15.4 Å². The van der Waals surface area contributed by atoms with Crippen LogP contribution in [0.4, 0.5) is 0 Å².